The molecular weight excluding hydrogens is 240 g/mol. The maximum absolute atomic E-state index is 12.1. The molecule has 0 radical (unpaired) electrons. The Morgan fingerprint density at radius 1 is 1.47 bits per heavy atom. The van der Waals surface area contributed by atoms with Crippen LogP contribution >= 0.6 is 0 Å². The molecule has 0 bridgehead atoms. The molecule has 104 valence electrons. The maximum atomic E-state index is 12.1. The van der Waals surface area contributed by atoms with Gasteiger partial charge in [0.15, 0.2) is 0 Å². The van der Waals surface area contributed by atoms with Gasteiger partial charge in [0.1, 0.15) is 6.17 Å². The molecule has 1 aliphatic heterocycles. The fourth-order valence-electron chi connectivity index (χ4n) is 2.73. The van der Waals surface area contributed by atoms with E-state index in [4.69, 9.17) is 4.74 Å². The van der Waals surface area contributed by atoms with E-state index < -0.39 is 0 Å². The molecule has 0 saturated carbocycles. The molecule has 0 aliphatic carbocycles. The standard InChI is InChI=1S/C15H22N2O2/c1-10-5-6-13(11(2)7-10)15-16-8-14(18)17(15)12(3)9-19-4/h5-7,12,15-16H,8-9H2,1-4H3. The Labute approximate surface area is 114 Å². The largest absolute Gasteiger partial charge is 0.383 e. The molecule has 1 amide bonds. The van der Waals surface area contributed by atoms with Gasteiger partial charge in [0.2, 0.25) is 5.91 Å². The van der Waals surface area contributed by atoms with Gasteiger partial charge in [-0.2, -0.15) is 0 Å². The van der Waals surface area contributed by atoms with Gasteiger partial charge < -0.3 is 9.64 Å². The lowest BCUT2D eigenvalue weighted by Gasteiger charge is -2.31. The molecular formula is C15H22N2O2. The Bertz CT molecular complexity index is 473. The smallest absolute Gasteiger partial charge is 0.238 e. The first kappa shape index (κ1) is 14.0. The summed E-state index contributed by atoms with van der Waals surface area (Å²) in [6.07, 6.45) is -0.0433. The molecule has 19 heavy (non-hydrogen) atoms. The number of methoxy groups -OCH3 is 1. The van der Waals surface area contributed by atoms with Gasteiger partial charge in [-0.05, 0) is 31.9 Å². The first-order chi connectivity index (χ1) is 9.04. The molecule has 0 spiro atoms. The lowest BCUT2D eigenvalue weighted by Crippen LogP contribution is -2.40. The molecule has 4 heteroatoms. The van der Waals surface area contributed by atoms with E-state index in [2.05, 4.69) is 37.4 Å². The molecule has 1 aromatic carbocycles. The number of nitrogens with one attached hydrogen (secondary N) is 1. The van der Waals surface area contributed by atoms with Crippen molar-refractivity contribution in [2.24, 2.45) is 0 Å². The fraction of sp³-hybridized carbons (Fsp3) is 0.533. The Morgan fingerprint density at radius 3 is 2.84 bits per heavy atom. The van der Waals surface area contributed by atoms with Crippen molar-refractivity contribution in [3.63, 3.8) is 0 Å². The van der Waals surface area contributed by atoms with Gasteiger partial charge >= 0.3 is 0 Å². The third-order valence-corrected chi connectivity index (χ3v) is 3.62. The normalized spacial score (nSPS) is 20.9. The summed E-state index contributed by atoms with van der Waals surface area (Å²) in [6.45, 7) is 7.13. The van der Waals surface area contributed by atoms with Crippen LogP contribution < -0.4 is 5.32 Å². The van der Waals surface area contributed by atoms with Crippen LogP contribution in [0.25, 0.3) is 0 Å². The van der Waals surface area contributed by atoms with Crippen LogP contribution in [-0.4, -0.2) is 37.1 Å². The molecule has 1 aliphatic rings. The second kappa shape index (κ2) is 5.72. The highest BCUT2D eigenvalue weighted by Crippen LogP contribution is 2.27. The first-order valence-electron chi connectivity index (χ1n) is 6.65. The van der Waals surface area contributed by atoms with Crippen LogP contribution in [0.3, 0.4) is 0 Å². The van der Waals surface area contributed by atoms with Crippen LogP contribution in [0, 0.1) is 13.8 Å². The predicted octanol–water partition coefficient (Wildman–Crippen LogP) is 1.77. The molecule has 1 N–H and O–H groups in total. The molecule has 4 nitrogen and oxygen atoms in total. The summed E-state index contributed by atoms with van der Waals surface area (Å²) in [4.78, 5) is 14.0. The van der Waals surface area contributed by atoms with Crippen molar-refractivity contribution < 1.29 is 9.53 Å². The van der Waals surface area contributed by atoms with Gasteiger partial charge in [0, 0.05) is 7.11 Å². The zero-order valence-electron chi connectivity index (χ0n) is 12.1. The molecule has 1 aromatic rings. The zero-order chi connectivity index (χ0) is 14.0. The van der Waals surface area contributed by atoms with Crippen LogP contribution in [0.4, 0.5) is 0 Å². The number of nitrogens with zero attached hydrogens (tertiary/aromatic N) is 1. The van der Waals surface area contributed by atoms with E-state index in [-0.39, 0.29) is 18.1 Å². The van der Waals surface area contributed by atoms with E-state index in [1.54, 1.807) is 7.11 Å². The summed E-state index contributed by atoms with van der Waals surface area (Å²) in [7, 11) is 1.66. The SMILES string of the molecule is COCC(C)N1C(=O)CNC1c1ccc(C)cc1C. The number of amides is 1. The number of rotatable bonds is 4. The summed E-state index contributed by atoms with van der Waals surface area (Å²) in [5.74, 6) is 0.134. The average molecular weight is 262 g/mol. The van der Waals surface area contributed by atoms with Gasteiger partial charge in [-0.25, -0.2) is 0 Å². The van der Waals surface area contributed by atoms with E-state index in [0.29, 0.717) is 13.2 Å². The fourth-order valence-corrected chi connectivity index (χ4v) is 2.73. The number of carbonyl (C=O) groups is 1. The molecule has 1 fully saturated rings. The predicted molar refractivity (Wildman–Crippen MR) is 74.8 cm³/mol. The summed E-state index contributed by atoms with van der Waals surface area (Å²) in [5, 5.41) is 3.29. The summed E-state index contributed by atoms with van der Waals surface area (Å²) in [5.41, 5.74) is 3.61. The Balaban J connectivity index is 2.29. The van der Waals surface area contributed by atoms with Gasteiger partial charge in [-0.15, -0.1) is 0 Å². The lowest BCUT2D eigenvalue weighted by molar-refractivity contribution is -0.131. The third-order valence-electron chi connectivity index (χ3n) is 3.62. The van der Waals surface area contributed by atoms with E-state index in [0.717, 1.165) is 0 Å². The highest BCUT2D eigenvalue weighted by atomic mass is 16.5. The molecule has 1 heterocycles. The number of aryl methyl sites for hydroxylation is 2. The minimum atomic E-state index is -0.0433. The van der Waals surface area contributed by atoms with Crippen molar-refractivity contribution in [1.29, 1.82) is 0 Å². The average Bonchev–Trinajstić information content (AvgIpc) is 2.71. The molecule has 0 aromatic heterocycles. The van der Waals surface area contributed by atoms with Crippen LogP contribution in [0.2, 0.25) is 0 Å². The van der Waals surface area contributed by atoms with E-state index >= 15 is 0 Å². The number of hydrogen-bond donors (Lipinski definition) is 1. The molecule has 2 rings (SSSR count). The molecule has 2 unspecified atom stereocenters. The van der Waals surface area contributed by atoms with Crippen molar-refractivity contribution in [1.82, 2.24) is 10.2 Å². The van der Waals surface area contributed by atoms with Crippen LogP contribution in [0.5, 0.6) is 0 Å². The van der Waals surface area contributed by atoms with E-state index in [9.17, 15) is 4.79 Å². The van der Waals surface area contributed by atoms with Gasteiger partial charge in [0.05, 0.1) is 19.2 Å². The minimum Gasteiger partial charge on any atom is -0.383 e. The Morgan fingerprint density at radius 2 is 2.21 bits per heavy atom. The lowest BCUT2D eigenvalue weighted by atomic mass is 10.0. The van der Waals surface area contributed by atoms with Crippen molar-refractivity contribution in [3.05, 3.63) is 34.9 Å². The minimum absolute atomic E-state index is 0.0433. The van der Waals surface area contributed by atoms with E-state index in [1.165, 1.54) is 16.7 Å². The maximum Gasteiger partial charge on any atom is 0.238 e. The molecule has 2 atom stereocenters. The summed E-state index contributed by atoms with van der Waals surface area (Å²) in [6, 6.07) is 6.41. The number of benzene rings is 1. The summed E-state index contributed by atoms with van der Waals surface area (Å²) < 4.78 is 5.18. The second-order valence-corrected chi connectivity index (χ2v) is 5.25. The van der Waals surface area contributed by atoms with Gasteiger partial charge in [0.25, 0.3) is 0 Å². The molecule has 1 saturated heterocycles. The topological polar surface area (TPSA) is 41.6 Å². The van der Waals surface area contributed by atoms with Crippen molar-refractivity contribution in [3.8, 4) is 0 Å². The van der Waals surface area contributed by atoms with Crippen LogP contribution in [0.15, 0.2) is 18.2 Å². The number of ether oxygens (including phenoxy) is 1. The first-order valence-corrected chi connectivity index (χ1v) is 6.65. The van der Waals surface area contributed by atoms with Crippen molar-refractivity contribution >= 4 is 5.91 Å². The van der Waals surface area contributed by atoms with Crippen LogP contribution in [0.1, 0.15) is 29.8 Å². The number of hydrogen-bond acceptors (Lipinski definition) is 3. The summed E-state index contributed by atoms with van der Waals surface area (Å²) >= 11 is 0. The highest BCUT2D eigenvalue weighted by molar-refractivity contribution is 5.81. The van der Waals surface area contributed by atoms with Gasteiger partial charge in [-0.3, -0.25) is 10.1 Å². The number of carbonyl (C=O) groups excluding carboxylic acids is 1. The third kappa shape index (κ3) is 2.80. The Kier molecular flexibility index (Phi) is 4.22. The van der Waals surface area contributed by atoms with Gasteiger partial charge in [-0.1, -0.05) is 23.8 Å². The monoisotopic (exact) mass is 262 g/mol. The van der Waals surface area contributed by atoms with E-state index in [1.807, 2.05) is 11.8 Å². The quantitative estimate of drug-likeness (QED) is 0.899. The second-order valence-electron chi connectivity index (χ2n) is 5.25. The van der Waals surface area contributed by atoms with Crippen LogP contribution in [-0.2, 0) is 9.53 Å². The van der Waals surface area contributed by atoms with Crippen molar-refractivity contribution in [2.75, 3.05) is 20.3 Å². The Hall–Kier alpha value is -1.39. The zero-order valence-corrected chi connectivity index (χ0v) is 12.1. The van der Waals surface area contributed by atoms with Crippen molar-refractivity contribution in [2.45, 2.75) is 33.0 Å². The highest BCUT2D eigenvalue weighted by Gasteiger charge is 2.35.